The van der Waals surface area contributed by atoms with E-state index < -0.39 is 5.82 Å². The van der Waals surface area contributed by atoms with Crippen LogP contribution in [0.5, 0.6) is 0 Å². The van der Waals surface area contributed by atoms with Gasteiger partial charge in [-0.2, -0.15) is 5.26 Å². The van der Waals surface area contributed by atoms with Gasteiger partial charge in [0.05, 0.1) is 11.8 Å². The zero-order valence-electron chi connectivity index (χ0n) is 10.6. The molecule has 0 amide bonds. The molecule has 0 radical (unpaired) electrons. The van der Waals surface area contributed by atoms with Crippen molar-refractivity contribution in [3.8, 4) is 6.07 Å². The van der Waals surface area contributed by atoms with E-state index in [0.29, 0.717) is 0 Å². The maximum absolute atomic E-state index is 13.5. The third-order valence-electron chi connectivity index (χ3n) is 3.47. The summed E-state index contributed by atoms with van der Waals surface area (Å²) in [5, 5.41) is 9.10. The van der Waals surface area contributed by atoms with Gasteiger partial charge >= 0.3 is 0 Å². The first-order valence-corrected chi connectivity index (χ1v) is 6.48. The second-order valence-corrected chi connectivity index (χ2v) is 4.77. The fraction of sp³-hybridized carbons (Fsp3) is 0.400. The fourth-order valence-electron chi connectivity index (χ4n) is 2.40. The fourth-order valence-corrected chi connectivity index (χ4v) is 2.40. The lowest BCUT2D eigenvalue weighted by Crippen LogP contribution is -2.19. The summed E-state index contributed by atoms with van der Waals surface area (Å²) >= 11 is 0. The molecule has 1 aliphatic rings. The average Bonchev–Trinajstić information content (AvgIpc) is 2.47. The van der Waals surface area contributed by atoms with Crippen LogP contribution in [0.4, 0.5) is 4.39 Å². The van der Waals surface area contributed by atoms with Gasteiger partial charge in [0.25, 0.3) is 0 Å². The number of carbonyl (C=O) groups excluding carboxylic acids is 1. The van der Waals surface area contributed by atoms with E-state index in [0.717, 1.165) is 38.3 Å². The lowest BCUT2D eigenvalue weighted by atomic mass is 9.83. The third kappa shape index (κ3) is 3.25. The summed E-state index contributed by atoms with van der Waals surface area (Å²) in [7, 11) is 0. The molecule has 2 rings (SSSR count). The molecule has 98 valence electrons. The number of pyridine rings is 1. The Balaban J connectivity index is 2.22. The molecule has 0 aromatic carbocycles. The molecule has 0 aliphatic heterocycles. The number of nitriles is 1. The zero-order chi connectivity index (χ0) is 13.7. The number of carbonyl (C=O) groups is 1. The van der Waals surface area contributed by atoms with E-state index in [1.807, 2.05) is 6.07 Å². The predicted molar refractivity (Wildman–Crippen MR) is 69.4 cm³/mol. The van der Waals surface area contributed by atoms with E-state index in [-0.39, 0.29) is 22.8 Å². The van der Waals surface area contributed by atoms with E-state index in [1.54, 1.807) is 0 Å². The minimum atomic E-state index is -0.522. The highest BCUT2D eigenvalue weighted by Gasteiger charge is 2.24. The SMILES string of the molecule is N#C/C(=C\c1ccncc1F)C(=O)C1CCCCC1. The van der Waals surface area contributed by atoms with Gasteiger partial charge in [-0.1, -0.05) is 19.3 Å². The van der Waals surface area contributed by atoms with Gasteiger partial charge in [-0.3, -0.25) is 9.78 Å². The molecule has 3 nitrogen and oxygen atoms in total. The van der Waals surface area contributed by atoms with Crippen molar-refractivity contribution in [2.24, 2.45) is 5.92 Å². The van der Waals surface area contributed by atoms with Gasteiger partial charge in [0.15, 0.2) is 5.78 Å². The third-order valence-corrected chi connectivity index (χ3v) is 3.47. The number of hydrogen-bond donors (Lipinski definition) is 0. The van der Waals surface area contributed by atoms with Crippen molar-refractivity contribution >= 4 is 11.9 Å². The molecule has 1 aromatic rings. The standard InChI is InChI=1S/C15H15FN2O/c16-14-10-18-7-6-12(14)8-13(9-17)15(19)11-4-2-1-3-5-11/h6-8,10-11H,1-5H2/b13-8+. The number of nitrogens with zero attached hydrogens (tertiary/aromatic N) is 2. The van der Waals surface area contributed by atoms with Crippen LogP contribution in [0.2, 0.25) is 0 Å². The van der Waals surface area contributed by atoms with Gasteiger partial charge in [0, 0.05) is 17.7 Å². The van der Waals surface area contributed by atoms with Crippen molar-refractivity contribution in [3.05, 3.63) is 35.4 Å². The minimum absolute atomic E-state index is 0.0389. The number of Topliss-reactive ketones (excluding diaryl/α,β-unsaturated/α-hetero) is 1. The molecule has 0 spiro atoms. The van der Waals surface area contributed by atoms with Crippen molar-refractivity contribution in [2.75, 3.05) is 0 Å². The van der Waals surface area contributed by atoms with Crippen LogP contribution < -0.4 is 0 Å². The van der Waals surface area contributed by atoms with Gasteiger partial charge < -0.3 is 0 Å². The van der Waals surface area contributed by atoms with Gasteiger partial charge in [-0.05, 0) is 25.0 Å². The molecule has 1 heterocycles. The molecule has 1 saturated carbocycles. The Hall–Kier alpha value is -2.02. The smallest absolute Gasteiger partial charge is 0.176 e. The zero-order valence-corrected chi connectivity index (χ0v) is 10.6. The molecule has 4 heteroatoms. The summed E-state index contributed by atoms with van der Waals surface area (Å²) in [6, 6.07) is 3.36. The van der Waals surface area contributed by atoms with E-state index in [1.165, 1.54) is 18.3 Å². The minimum Gasteiger partial charge on any atom is -0.293 e. The first-order valence-electron chi connectivity index (χ1n) is 6.48. The van der Waals surface area contributed by atoms with Gasteiger partial charge in [0.2, 0.25) is 0 Å². The van der Waals surface area contributed by atoms with Crippen molar-refractivity contribution in [1.29, 1.82) is 5.26 Å². The summed E-state index contributed by atoms with van der Waals surface area (Å²) in [5.74, 6) is -0.755. The van der Waals surface area contributed by atoms with Crippen LogP contribution in [-0.2, 0) is 4.79 Å². The maximum Gasteiger partial charge on any atom is 0.176 e. The number of aromatic nitrogens is 1. The van der Waals surface area contributed by atoms with Crippen LogP contribution >= 0.6 is 0 Å². The average molecular weight is 258 g/mol. The monoisotopic (exact) mass is 258 g/mol. The summed E-state index contributed by atoms with van der Waals surface area (Å²) in [4.78, 5) is 15.9. The number of ketones is 1. The molecule has 1 fully saturated rings. The Morgan fingerprint density at radius 3 is 2.79 bits per heavy atom. The molecule has 0 atom stereocenters. The molecule has 0 bridgehead atoms. The first kappa shape index (κ1) is 13.4. The lowest BCUT2D eigenvalue weighted by molar-refractivity contribution is -0.119. The Bertz CT molecular complexity index is 539. The molecule has 19 heavy (non-hydrogen) atoms. The second kappa shape index (κ2) is 6.24. The number of halogens is 1. The predicted octanol–water partition coefficient (Wildman–Crippen LogP) is 3.28. The number of hydrogen-bond acceptors (Lipinski definition) is 3. The van der Waals surface area contributed by atoms with Gasteiger partial charge in [0.1, 0.15) is 11.9 Å². The first-order chi connectivity index (χ1) is 9.22. The highest BCUT2D eigenvalue weighted by atomic mass is 19.1. The Labute approximate surface area is 111 Å². The number of rotatable bonds is 3. The van der Waals surface area contributed by atoms with Crippen molar-refractivity contribution in [3.63, 3.8) is 0 Å². The maximum atomic E-state index is 13.5. The van der Waals surface area contributed by atoms with Gasteiger partial charge in [-0.15, -0.1) is 0 Å². The second-order valence-electron chi connectivity index (χ2n) is 4.77. The van der Waals surface area contributed by atoms with Crippen LogP contribution in [0.1, 0.15) is 37.7 Å². The van der Waals surface area contributed by atoms with E-state index in [2.05, 4.69) is 4.98 Å². The molecule has 0 unspecified atom stereocenters. The summed E-state index contributed by atoms with van der Waals surface area (Å²) in [6.45, 7) is 0. The molecular formula is C15H15FN2O. The van der Waals surface area contributed by atoms with Crippen molar-refractivity contribution in [1.82, 2.24) is 4.98 Å². The van der Waals surface area contributed by atoms with Gasteiger partial charge in [-0.25, -0.2) is 4.39 Å². The largest absolute Gasteiger partial charge is 0.293 e. The highest BCUT2D eigenvalue weighted by Crippen LogP contribution is 2.27. The quantitative estimate of drug-likeness (QED) is 0.617. The molecule has 1 aliphatic carbocycles. The van der Waals surface area contributed by atoms with E-state index >= 15 is 0 Å². The number of allylic oxidation sites excluding steroid dienone is 1. The summed E-state index contributed by atoms with van der Waals surface area (Å²) < 4.78 is 13.5. The Morgan fingerprint density at radius 2 is 2.16 bits per heavy atom. The Morgan fingerprint density at radius 1 is 1.42 bits per heavy atom. The van der Waals surface area contributed by atoms with Crippen LogP contribution in [0.25, 0.3) is 6.08 Å². The van der Waals surface area contributed by atoms with Crippen molar-refractivity contribution in [2.45, 2.75) is 32.1 Å². The van der Waals surface area contributed by atoms with Crippen LogP contribution in [0.3, 0.4) is 0 Å². The summed E-state index contributed by atoms with van der Waals surface area (Å²) in [6.07, 6.45) is 8.70. The van der Waals surface area contributed by atoms with E-state index in [9.17, 15) is 9.18 Å². The van der Waals surface area contributed by atoms with E-state index in [4.69, 9.17) is 5.26 Å². The molecule has 1 aromatic heterocycles. The lowest BCUT2D eigenvalue weighted by Gasteiger charge is -2.19. The molecule has 0 N–H and O–H groups in total. The summed E-state index contributed by atoms with van der Waals surface area (Å²) in [5.41, 5.74) is 0.271. The van der Waals surface area contributed by atoms with Crippen LogP contribution in [0, 0.1) is 23.1 Å². The van der Waals surface area contributed by atoms with Crippen LogP contribution in [0.15, 0.2) is 24.0 Å². The highest BCUT2D eigenvalue weighted by molar-refractivity contribution is 6.04. The molecule has 0 saturated heterocycles. The molecular weight excluding hydrogens is 243 g/mol. The topological polar surface area (TPSA) is 53.8 Å². The van der Waals surface area contributed by atoms with Crippen LogP contribution in [-0.4, -0.2) is 10.8 Å². The van der Waals surface area contributed by atoms with Crippen molar-refractivity contribution < 1.29 is 9.18 Å². The Kier molecular flexibility index (Phi) is 4.40. The normalized spacial score (nSPS) is 16.9.